The van der Waals surface area contributed by atoms with Gasteiger partial charge in [0.05, 0.1) is 11.8 Å². The molecule has 0 aliphatic carbocycles. The predicted octanol–water partition coefficient (Wildman–Crippen LogP) is 2.88. The highest BCUT2D eigenvalue weighted by molar-refractivity contribution is 7.19. The van der Waals surface area contributed by atoms with E-state index in [0.29, 0.717) is 17.0 Å². The molecule has 2 aromatic heterocycles. The number of nitrogens with zero attached hydrogens (tertiary/aromatic N) is 3. The Morgan fingerprint density at radius 2 is 1.83 bits per heavy atom. The lowest BCUT2D eigenvalue weighted by Gasteiger charge is -2.09. The zero-order valence-corrected chi connectivity index (χ0v) is 18.7. The van der Waals surface area contributed by atoms with Gasteiger partial charge in [0.15, 0.2) is 10.3 Å². The normalized spacial score (nSPS) is 15.7. The molecule has 5 nitrogen and oxygen atoms in total. The van der Waals surface area contributed by atoms with Gasteiger partial charge in [-0.1, -0.05) is 35.6 Å². The topological polar surface area (TPSA) is 38.4 Å². The van der Waals surface area contributed by atoms with E-state index < -0.39 is 0 Å². The highest BCUT2D eigenvalue weighted by Gasteiger charge is 2.25. The van der Waals surface area contributed by atoms with E-state index in [9.17, 15) is 4.79 Å². The van der Waals surface area contributed by atoms with Gasteiger partial charge in [-0.3, -0.25) is 9.36 Å². The lowest BCUT2D eigenvalue weighted by Crippen LogP contribution is -2.36. The molecule has 0 atom stereocenters. The standard InChI is InChI=1S/C23H22N3O2S2/c1-4-25-16-11-7-9-13-18(16)29-19(25)14-20-26(5-2)22(27)21(30-20)23-24(3)15-10-6-8-12-17(15)28-23/h6-14H,4-5H2,1-3H3/q+1. The van der Waals surface area contributed by atoms with E-state index in [-0.39, 0.29) is 5.56 Å². The minimum Gasteiger partial charge on any atom is -0.437 e. The fraction of sp³-hybridized carbons (Fsp3) is 0.217. The average molecular weight is 437 g/mol. The van der Waals surface area contributed by atoms with Gasteiger partial charge in [0, 0.05) is 19.7 Å². The summed E-state index contributed by atoms with van der Waals surface area (Å²) in [7, 11) is 1.94. The summed E-state index contributed by atoms with van der Waals surface area (Å²) in [5.74, 6) is 1.39. The molecule has 4 aromatic rings. The van der Waals surface area contributed by atoms with Crippen LogP contribution in [-0.2, 0) is 13.1 Å². The molecule has 0 amide bonds. The summed E-state index contributed by atoms with van der Waals surface area (Å²) < 4.78 is 13.0. The fourth-order valence-electron chi connectivity index (χ4n) is 3.86. The Kier molecular flexibility index (Phi) is 4.72. The number of ether oxygens (including phenoxy) is 1. The molecule has 2 aromatic carbocycles. The third kappa shape index (κ3) is 2.88. The molecule has 0 saturated carbocycles. The van der Waals surface area contributed by atoms with Crippen LogP contribution in [0.2, 0.25) is 0 Å². The van der Waals surface area contributed by atoms with Gasteiger partial charge in [-0.2, -0.15) is 4.57 Å². The molecule has 1 aliphatic heterocycles. The smallest absolute Gasteiger partial charge is 0.274 e. The van der Waals surface area contributed by atoms with E-state index in [2.05, 4.69) is 41.8 Å². The van der Waals surface area contributed by atoms with Crippen LogP contribution >= 0.6 is 22.7 Å². The second-order valence-corrected chi connectivity index (χ2v) is 9.14. The van der Waals surface area contributed by atoms with Crippen LogP contribution in [0.3, 0.4) is 0 Å². The molecule has 152 valence electrons. The van der Waals surface area contributed by atoms with E-state index in [4.69, 9.17) is 4.74 Å². The Morgan fingerprint density at radius 1 is 1.07 bits per heavy atom. The molecule has 0 spiro atoms. The number of aryl methyl sites for hydroxylation is 1. The highest BCUT2D eigenvalue weighted by Crippen LogP contribution is 2.37. The summed E-state index contributed by atoms with van der Waals surface area (Å²) in [5.41, 5.74) is 2.19. The summed E-state index contributed by atoms with van der Waals surface area (Å²) in [5, 5.41) is 1.14. The largest absolute Gasteiger partial charge is 0.437 e. The Bertz CT molecular complexity index is 1450. The van der Waals surface area contributed by atoms with Crippen molar-refractivity contribution in [3.8, 4) is 5.75 Å². The first-order chi connectivity index (χ1) is 14.6. The maximum Gasteiger partial charge on any atom is 0.274 e. The Labute approximate surface area is 182 Å². The van der Waals surface area contributed by atoms with Crippen molar-refractivity contribution in [2.24, 2.45) is 0 Å². The highest BCUT2D eigenvalue weighted by atomic mass is 32.1. The average Bonchev–Trinajstić information content (AvgIpc) is 3.39. The van der Waals surface area contributed by atoms with Crippen LogP contribution in [0.1, 0.15) is 18.9 Å². The van der Waals surface area contributed by atoms with Crippen molar-refractivity contribution < 1.29 is 9.30 Å². The molecule has 5 rings (SSSR count). The number of fused-ring (bicyclic) bond motifs is 2. The Hall–Kier alpha value is -2.90. The summed E-state index contributed by atoms with van der Waals surface area (Å²) in [6.07, 6.45) is 2.13. The van der Waals surface area contributed by atoms with Crippen LogP contribution in [0.5, 0.6) is 5.75 Å². The Balaban J connectivity index is 1.74. The molecule has 3 heterocycles. The summed E-state index contributed by atoms with van der Waals surface area (Å²) in [4.78, 5) is 15.2. The van der Waals surface area contributed by atoms with Crippen molar-refractivity contribution in [2.45, 2.75) is 26.9 Å². The van der Waals surface area contributed by atoms with Crippen molar-refractivity contribution in [1.29, 1.82) is 0 Å². The van der Waals surface area contributed by atoms with Gasteiger partial charge in [-0.05, 0) is 32.0 Å². The van der Waals surface area contributed by atoms with Gasteiger partial charge < -0.3 is 9.64 Å². The van der Waals surface area contributed by atoms with Crippen LogP contribution in [-0.4, -0.2) is 11.6 Å². The van der Waals surface area contributed by atoms with Crippen molar-refractivity contribution in [3.63, 3.8) is 0 Å². The van der Waals surface area contributed by atoms with E-state index >= 15 is 0 Å². The van der Waals surface area contributed by atoms with Crippen LogP contribution in [0.25, 0.3) is 22.2 Å². The van der Waals surface area contributed by atoms with Gasteiger partial charge in [0.2, 0.25) is 11.4 Å². The molecule has 7 heteroatoms. The summed E-state index contributed by atoms with van der Waals surface area (Å²) in [6, 6.07) is 16.3. The number of hydrogen-bond donors (Lipinski definition) is 0. The monoisotopic (exact) mass is 436 g/mol. The quantitative estimate of drug-likeness (QED) is 0.464. The van der Waals surface area contributed by atoms with Crippen LogP contribution in [0.4, 0.5) is 5.69 Å². The number of para-hydroxylation sites is 3. The number of hydrogen-bond acceptors (Lipinski definition) is 5. The number of anilines is 1. The van der Waals surface area contributed by atoms with E-state index in [1.54, 1.807) is 11.3 Å². The third-order valence-corrected chi connectivity index (χ3v) is 7.57. The second kappa shape index (κ2) is 7.41. The first-order valence-corrected chi connectivity index (χ1v) is 11.6. The Morgan fingerprint density at radius 3 is 2.60 bits per heavy atom. The molecule has 0 radical (unpaired) electrons. The maximum atomic E-state index is 13.2. The van der Waals surface area contributed by atoms with Crippen LogP contribution < -0.4 is 29.0 Å². The first kappa shape index (κ1) is 19.1. The van der Waals surface area contributed by atoms with Gasteiger partial charge in [-0.25, -0.2) is 0 Å². The minimum absolute atomic E-state index is 0.00688. The van der Waals surface area contributed by atoms with E-state index in [1.807, 2.05) is 47.7 Å². The zero-order valence-electron chi connectivity index (χ0n) is 17.1. The first-order valence-electron chi connectivity index (χ1n) is 10.00. The summed E-state index contributed by atoms with van der Waals surface area (Å²) >= 11 is 3.24. The molecule has 0 saturated heterocycles. The van der Waals surface area contributed by atoms with Gasteiger partial charge in [-0.15, -0.1) is 11.3 Å². The van der Waals surface area contributed by atoms with Gasteiger partial charge >= 0.3 is 0 Å². The maximum absolute atomic E-state index is 13.2. The van der Waals surface area contributed by atoms with Crippen molar-refractivity contribution in [1.82, 2.24) is 4.57 Å². The van der Waals surface area contributed by atoms with Crippen LogP contribution in [0, 0.1) is 0 Å². The van der Waals surface area contributed by atoms with E-state index in [1.165, 1.54) is 21.6 Å². The molecule has 0 fully saturated rings. The van der Waals surface area contributed by atoms with Crippen molar-refractivity contribution in [3.05, 3.63) is 73.1 Å². The van der Waals surface area contributed by atoms with E-state index in [0.717, 1.165) is 27.7 Å². The number of thiazole rings is 2. The van der Waals surface area contributed by atoms with Crippen molar-refractivity contribution in [2.75, 3.05) is 11.9 Å². The molecule has 0 bridgehead atoms. The van der Waals surface area contributed by atoms with Gasteiger partial charge in [0.1, 0.15) is 15.9 Å². The molecular weight excluding hydrogens is 414 g/mol. The van der Waals surface area contributed by atoms with Crippen molar-refractivity contribution >= 4 is 50.5 Å². The lowest BCUT2D eigenvalue weighted by molar-refractivity contribution is -0.665. The second-order valence-electron chi connectivity index (χ2n) is 7.05. The molecule has 30 heavy (non-hydrogen) atoms. The molecule has 0 unspecified atom stereocenters. The summed E-state index contributed by atoms with van der Waals surface area (Å²) in [6.45, 7) is 5.65. The lowest BCUT2D eigenvalue weighted by atomic mass is 10.3. The SMILES string of the molecule is CCn1c(=Cc2sc3ccccc3[n+]2CC)sc(=C2Oc3ccccc3N2C)c1=O. The minimum atomic E-state index is -0.00688. The zero-order chi connectivity index (χ0) is 20.8. The van der Waals surface area contributed by atoms with Gasteiger partial charge in [0.25, 0.3) is 10.6 Å². The molecular formula is C23H22N3O2S2+. The predicted molar refractivity (Wildman–Crippen MR) is 124 cm³/mol. The molecule has 0 N–H and O–H groups in total. The third-order valence-electron chi connectivity index (χ3n) is 5.36. The number of aromatic nitrogens is 2. The van der Waals surface area contributed by atoms with Crippen LogP contribution in [0.15, 0.2) is 53.3 Å². The number of benzene rings is 2. The fourth-order valence-corrected chi connectivity index (χ4v) is 6.26. The molecule has 1 aliphatic rings. The number of rotatable bonds is 3.